The Morgan fingerprint density at radius 2 is 2.22 bits per heavy atom. The standard InChI is InChI=1S/C14H26N4/c1-4-13(15)14(12-8-16-17(3)10-12)18(5-2)9-11-6-7-11/h8,10-11,13-14H,4-7,9,15H2,1-3H3. The maximum absolute atomic E-state index is 6.35. The molecule has 2 unspecified atom stereocenters. The van der Waals surface area contributed by atoms with Crippen LogP contribution in [0, 0.1) is 5.92 Å². The normalized spacial score (nSPS) is 19.2. The topological polar surface area (TPSA) is 47.1 Å². The van der Waals surface area contributed by atoms with Crippen molar-refractivity contribution in [2.45, 2.75) is 45.2 Å². The lowest BCUT2D eigenvalue weighted by Gasteiger charge is -2.34. The van der Waals surface area contributed by atoms with E-state index in [9.17, 15) is 0 Å². The Bertz CT molecular complexity index is 370. The molecule has 18 heavy (non-hydrogen) atoms. The lowest BCUT2D eigenvalue weighted by molar-refractivity contribution is 0.170. The van der Waals surface area contributed by atoms with E-state index in [-0.39, 0.29) is 6.04 Å². The van der Waals surface area contributed by atoms with Gasteiger partial charge in [0.15, 0.2) is 0 Å². The van der Waals surface area contributed by atoms with Crippen LogP contribution in [0.2, 0.25) is 0 Å². The molecule has 4 nitrogen and oxygen atoms in total. The maximum atomic E-state index is 6.35. The third kappa shape index (κ3) is 3.12. The molecule has 0 aromatic carbocycles. The highest BCUT2D eigenvalue weighted by molar-refractivity contribution is 5.13. The van der Waals surface area contributed by atoms with Crippen molar-refractivity contribution in [3.8, 4) is 0 Å². The molecule has 0 amide bonds. The van der Waals surface area contributed by atoms with Gasteiger partial charge in [-0.2, -0.15) is 5.10 Å². The number of aromatic nitrogens is 2. The van der Waals surface area contributed by atoms with E-state index in [1.807, 2.05) is 17.9 Å². The smallest absolute Gasteiger partial charge is 0.0538 e. The monoisotopic (exact) mass is 250 g/mol. The zero-order valence-electron chi connectivity index (χ0n) is 11.8. The molecule has 4 heteroatoms. The van der Waals surface area contributed by atoms with Crippen molar-refractivity contribution in [3.05, 3.63) is 18.0 Å². The van der Waals surface area contributed by atoms with E-state index in [2.05, 4.69) is 30.0 Å². The predicted molar refractivity (Wildman–Crippen MR) is 74.2 cm³/mol. The summed E-state index contributed by atoms with van der Waals surface area (Å²) in [6.07, 6.45) is 7.85. The first-order chi connectivity index (χ1) is 8.65. The molecule has 102 valence electrons. The SMILES string of the molecule is CCC(N)C(c1cnn(C)c1)N(CC)CC1CC1. The van der Waals surface area contributed by atoms with Gasteiger partial charge in [-0.05, 0) is 31.7 Å². The number of rotatable bonds is 7. The van der Waals surface area contributed by atoms with E-state index < -0.39 is 0 Å². The Morgan fingerprint density at radius 3 is 2.67 bits per heavy atom. The van der Waals surface area contributed by atoms with Gasteiger partial charge >= 0.3 is 0 Å². The molecule has 1 aliphatic carbocycles. The van der Waals surface area contributed by atoms with Crippen molar-refractivity contribution >= 4 is 0 Å². The van der Waals surface area contributed by atoms with Crippen LogP contribution < -0.4 is 5.73 Å². The van der Waals surface area contributed by atoms with Gasteiger partial charge in [-0.3, -0.25) is 9.58 Å². The Labute approximate surface area is 110 Å². The largest absolute Gasteiger partial charge is 0.326 e. The van der Waals surface area contributed by atoms with Crippen molar-refractivity contribution in [1.29, 1.82) is 0 Å². The summed E-state index contributed by atoms with van der Waals surface area (Å²) in [5.74, 6) is 0.896. The van der Waals surface area contributed by atoms with Crippen LogP contribution in [0.1, 0.15) is 44.7 Å². The van der Waals surface area contributed by atoms with Gasteiger partial charge in [0.1, 0.15) is 0 Å². The number of nitrogens with two attached hydrogens (primary N) is 1. The number of hydrogen-bond acceptors (Lipinski definition) is 3. The highest BCUT2D eigenvalue weighted by Gasteiger charge is 2.31. The van der Waals surface area contributed by atoms with E-state index in [4.69, 9.17) is 5.73 Å². The van der Waals surface area contributed by atoms with E-state index >= 15 is 0 Å². The molecule has 0 saturated heterocycles. The summed E-state index contributed by atoms with van der Waals surface area (Å²) in [7, 11) is 1.97. The van der Waals surface area contributed by atoms with Gasteiger partial charge < -0.3 is 5.73 Å². The van der Waals surface area contributed by atoms with E-state index in [0.29, 0.717) is 6.04 Å². The van der Waals surface area contributed by atoms with E-state index in [1.165, 1.54) is 24.9 Å². The summed E-state index contributed by atoms with van der Waals surface area (Å²) in [4.78, 5) is 2.53. The van der Waals surface area contributed by atoms with Crippen LogP contribution in [0.4, 0.5) is 0 Å². The second-order valence-corrected chi connectivity index (χ2v) is 5.50. The van der Waals surface area contributed by atoms with Gasteiger partial charge in [0.25, 0.3) is 0 Å². The number of hydrogen-bond donors (Lipinski definition) is 1. The zero-order chi connectivity index (χ0) is 13.1. The lowest BCUT2D eigenvalue weighted by Crippen LogP contribution is -2.41. The molecule has 0 aliphatic heterocycles. The fourth-order valence-electron chi connectivity index (χ4n) is 2.62. The number of aryl methyl sites for hydroxylation is 1. The molecule has 1 aromatic rings. The van der Waals surface area contributed by atoms with Crippen LogP contribution in [0.15, 0.2) is 12.4 Å². The predicted octanol–water partition coefficient (Wildman–Crippen LogP) is 1.93. The Hall–Kier alpha value is -0.870. The minimum atomic E-state index is 0.188. The summed E-state index contributed by atoms with van der Waals surface area (Å²) < 4.78 is 1.87. The zero-order valence-corrected chi connectivity index (χ0v) is 11.8. The molecule has 1 aromatic heterocycles. The average Bonchev–Trinajstić information content (AvgIpc) is 3.09. The molecule has 2 rings (SSSR count). The van der Waals surface area contributed by atoms with E-state index in [0.717, 1.165) is 18.9 Å². The van der Waals surface area contributed by atoms with Gasteiger partial charge in [0, 0.05) is 31.4 Å². The minimum Gasteiger partial charge on any atom is -0.326 e. The molecule has 1 saturated carbocycles. The molecular formula is C14H26N4. The summed E-state index contributed by atoms with van der Waals surface area (Å²) in [6, 6.07) is 0.502. The third-order valence-corrected chi connectivity index (χ3v) is 3.93. The second-order valence-electron chi connectivity index (χ2n) is 5.50. The molecule has 0 radical (unpaired) electrons. The average molecular weight is 250 g/mol. The van der Waals surface area contributed by atoms with Gasteiger partial charge in [-0.1, -0.05) is 13.8 Å². The summed E-state index contributed by atoms with van der Waals surface area (Å²) >= 11 is 0. The maximum Gasteiger partial charge on any atom is 0.0538 e. The first-order valence-corrected chi connectivity index (χ1v) is 7.13. The molecular weight excluding hydrogens is 224 g/mol. The molecule has 1 heterocycles. The molecule has 1 aliphatic rings. The quantitative estimate of drug-likeness (QED) is 0.804. The van der Waals surface area contributed by atoms with Crippen LogP contribution in [0.5, 0.6) is 0 Å². The van der Waals surface area contributed by atoms with Crippen LogP contribution in [0.3, 0.4) is 0 Å². The first-order valence-electron chi connectivity index (χ1n) is 7.13. The van der Waals surface area contributed by atoms with Crippen LogP contribution in [-0.4, -0.2) is 33.8 Å². The van der Waals surface area contributed by atoms with Gasteiger partial charge in [-0.25, -0.2) is 0 Å². The number of nitrogens with zero attached hydrogens (tertiary/aromatic N) is 3. The minimum absolute atomic E-state index is 0.188. The van der Waals surface area contributed by atoms with Gasteiger partial charge in [0.2, 0.25) is 0 Å². The van der Waals surface area contributed by atoms with Crippen molar-refractivity contribution in [2.24, 2.45) is 18.7 Å². The Morgan fingerprint density at radius 1 is 1.50 bits per heavy atom. The first kappa shape index (κ1) is 13.6. The van der Waals surface area contributed by atoms with Crippen molar-refractivity contribution < 1.29 is 0 Å². The Balaban J connectivity index is 2.16. The summed E-state index contributed by atoms with van der Waals surface area (Å²) in [5.41, 5.74) is 7.61. The van der Waals surface area contributed by atoms with Crippen molar-refractivity contribution in [1.82, 2.24) is 14.7 Å². The summed E-state index contributed by atoms with van der Waals surface area (Å²) in [5, 5.41) is 4.30. The van der Waals surface area contributed by atoms with Crippen LogP contribution >= 0.6 is 0 Å². The molecule has 0 bridgehead atoms. The van der Waals surface area contributed by atoms with Crippen molar-refractivity contribution in [3.63, 3.8) is 0 Å². The van der Waals surface area contributed by atoms with Gasteiger partial charge in [0.05, 0.1) is 12.2 Å². The highest BCUT2D eigenvalue weighted by Crippen LogP contribution is 2.33. The third-order valence-electron chi connectivity index (χ3n) is 3.93. The Kier molecular flexibility index (Phi) is 4.40. The fraction of sp³-hybridized carbons (Fsp3) is 0.786. The van der Waals surface area contributed by atoms with Crippen molar-refractivity contribution in [2.75, 3.05) is 13.1 Å². The summed E-state index contributed by atoms with van der Waals surface area (Å²) in [6.45, 7) is 6.64. The second kappa shape index (κ2) is 5.85. The van der Waals surface area contributed by atoms with Crippen LogP contribution in [0.25, 0.3) is 0 Å². The van der Waals surface area contributed by atoms with E-state index in [1.54, 1.807) is 0 Å². The molecule has 1 fully saturated rings. The number of likely N-dealkylation sites (N-methyl/N-ethyl adjacent to an activating group) is 1. The highest BCUT2D eigenvalue weighted by atomic mass is 15.3. The molecule has 0 spiro atoms. The lowest BCUT2D eigenvalue weighted by atomic mass is 9.98. The van der Waals surface area contributed by atoms with Crippen LogP contribution in [-0.2, 0) is 7.05 Å². The fourth-order valence-corrected chi connectivity index (χ4v) is 2.62. The molecule has 2 N–H and O–H groups in total. The van der Waals surface area contributed by atoms with Gasteiger partial charge in [-0.15, -0.1) is 0 Å². The molecule has 2 atom stereocenters.